The monoisotopic (exact) mass is 406 g/mol. The van der Waals surface area contributed by atoms with Crippen LogP contribution in [0.15, 0.2) is 65.5 Å². The molecule has 0 unspecified atom stereocenters. The Morgan fingerprint density at radius 1 is 1.07 bits per heavy atom. The molecule has 7 nitrogen and oxygen atoms in total. The number of benzene rings is 3. The van der Waals surface area contributed by atoms with Crippen LogP contribution in [0, 0.1) is 10.1 Å². The molecule has 0 fully saturated rings. The number of aromatic nitrogens is 2. The number of hydrogen-bond donors (Lipinski definition) is 2. The van der Waals surface area contributed by atoms with Crippen molar-refractivity contribution in [3.05, 3.63) is 97.4 Å². The molecule has 4 rings (SSSR count). The number of fused-ring (bicyclic) bond motifs is 1. The number of aromatic amines is 1. The lowest BCUT2D eigenvalue weighted by molar-refractivity contribution is -0.383. The number of nitrogens with one attached hydrogen (secondary N) is 1. The number of hydrogen-bond acceptors (Lipinski definition) is 5. The lowest BCUT2D eigenvalue weighted by Crippen LogP contribution is -2.11. The van der Waals surface area contributed by atoms with E-state index < -0.39 is 4.92 Å². The average molecular weight is 407 g/mol. The first kappa shape index (κ1) is 18.6. The molecule has 1 aromatic heterocycles. The van der Waals surface area contributed by atoms with Gasteiger partial charge in [0.2, 0.25) is 0 Å². The van der Waals surface area contributed by atoms with Gasteiger partial charge in [-0.2, -0.15) is 5.10 Å². The Hall–Kier alpha value is -3.71. The van der Waals surface area contributed by atoms with Crippen LogP contribution in [0.2, 0.25) is 5.02 Å². The van der Waals surface area contributed by atoms with E-state index in [2.05, 4.69) is 10.2 Å². The average Bonchev–Trinajstić information content (AvgIpc) is 2.72. The zero-order chi connectivity index (χ0) is 20.5. The van der Waals surface area contributed by atoms with E-state index in [9.17, 15) is 14.9 Å². The van der Waals surface area contributed by atoms with Gasteiger partial charge in [0, 0.05) is 28.5 Å². The topological polar surface area (TPSA) is 115 Å². The van der Waals surface area contributed by atoms with Crippen molar-refractivity contribution in [2.75, 3.05) is 5.73 Å². The van der Waals surface area contributed by atoms with Crippen LogP contribution in [0.5, 0.6) is 0 Å². The first-order valence-electron chi connectivity index (χ1n) is 8.73. The Bertz CT molecular complexity index is 1320. The summed E-state index contributed by atoms with van der Waals surface area (Å²) in [6, 6.07) is 17.3. The van der Waals surface area contributed by atoms with E-state index in [1.807, 2.05) is 24.3 Å². The summed E-state index contributed by atoms with van der Waals surface area (Å²) >= 11 is 6.36. The molecule has 0 aliphatic rings. The molecule has 3 aromatic carbocycles. The summed E-state index contributed by atoms with van der Waals surface area (Å²) in [6.45, 7) is 0. The minimum Gasteiger partial charge on any atom is -0.393 e. The molecular formula is C21H15ClN4O3. The minimum atomic E-state index is -0.521. The molecule has 0 bridgehead atoms. The van der Waals surface area contributed by atoms with Crippen LogP contribution >= 0.6 is 11.6 Å². The van der Waals surface area contributed by atoms with Gasteiger partial charge in [-0.25, -0.2) is 5.10 Å². The maximum atomic E-state index is 12.0. The summed E-state index contributed by atoms with van der Waals surface area (Å²) in [4.78, 5) is 22.7. The highest BCUT2D eigenvalue weighted by atomic mass is 35.5. The number of halogens is 1. The highest BCUT2D eigenvalue weighted by molar-refractivity contribution is 6.33. The van der Waals surface area contributed by atoms with Gasteiger partial charge in [-0.3, -0.25) is 14.9 Å². The summed E-state index contributed by atoms with van der Waals surface area (Å²) in [5.74, 6) is 0. The van der Waals surface area contributed by atoms with Gasteiger partial charge in [-0.1, -0.05) is 41.9 Å². The zero-order valence-corrected chi connectivity index (χ0v) is 15.8. The third-order valence-corrected chi connectivity index (χ3v) is 5.05. The van der Waals surface area contributed by atoms with E-state index >= 15 is 0 Å². The lowest BCUT2D eigenvalue weighted by atomic mass is 9.98. The Morgan fingerprint density at radius 2 is 1.83 bits per heavy atom. The fraction of sp³-hybridized carbons (Fsp3) is 0.0476. The number of nitro groups is 1. The van der Waals surface area contributed by atoms with Crippen LogP contribution < -0.4 is 11.3 Å². The standard InChI is InChI=1S/C21H15ClN4O3/c22-17-7-5-12(9-16(17)13-6-8-18(23)20(11-13)26(28)29)10-19-14-3-1-2-4-15(14)21(27)25-24-19/h1-9,11H,10,23H2,(H,25,27). The quantitative estimate of drug-likeness (QED) is 0.297. The van der Waals surface area contributed by atoms with E-state index in [0.29, 0.717) is 28.0 Å². The SMILES string of the molecule is Nc1ccc(-c2cc(Cc3n[nH]c(=O)c4ccccc34)ccc2Cl)cc1[N+](=O)[O-]. The molecule has 0 saturated carbocycles. The van der Waals surface area contributed by atoms with Crippen LogP contribution in [0.3, 0.4) is 0 Å². The number of H-pyrrole nitrogens is 1. The molecule has 0 spiro atoms. The lowest BCUT2D eigenvalue weighted by Gasteiger charge is -2.10. The van der Waals surface area contributed by atoms with Crippen molar-refractivity contribution >= 4 is 33.7 Å². The third-order valence-electron chi connectivity index (χ3n) is 4.72. The molecule has 0 radical (unpaired) electrons. The van der Waals surface area contributed by atoms with Crippen molar-refractivity contribution in [1.29, 1.82) is 0 Å². The van der Waals surface area contributed by atoms with Crippen LogP contribution in [-0.4, -0.2) is 15.1 Å². The number of nitro benzene ring substituents is 1. The van der Waals surface area contributed by atoms with Crippen LogP contribution in [0.1, 0.15) is 11.3 Å². The van der Waals surface area contributed by atoms with Gasteiger partial charge in [-0.15, -0.1) is 0 Å². The van der Waals surface area contributed by atoms with Crippen LogP contribution in [0.25, 0.3) is 21.9 Å². The van der Waals surface area contributed by atoms with Gasteiger partial charge in [0.05, 0.1) is 16.0 Å². The molecule has 29 heavy (non-hydrogen) atoms. The second-order valence-corrected chi connectivity index (χ2v) is 6.97. The predicted molar refractivity (Wildman–Crippen MR) is 113 cm³/mol. The van der Waals surface area contributed by atoms with Crippen molar-refractivity contribution in [2.24, 2.45) is 0 Å². The van der Waals surface area contributed by atoms with E-state index in [-0.39, 0.29) is 16.9 Å². The minimum absolute atomic E-state index is 0.0925. The highest BCUT2D eigenvalue weighted by Crippen LogP contribution is 2.34. The van der Waals surface area contributed by atoms with E-state index in [4.69, 9.17) is 17.3 Å². The fourth-order valence-corrected chi connectivity index (χ4v) is 3.50. The van der Waals surface area contributed by atoms with Crippen LogP contribution in [0.4, 0.5) is 11.4 Å². The van der Waals surface area contributed by atoms with E-state index in [1.165, 1.54) is 12.1 Å². The molecule has 0 saturated heterocycles. The number of anilines is 1. The highest BCUT2D eigenvalue weighted by Gasteiger charge is 2.15. The molecule has 144 valence electrons. The van der Waals surface area contributed by atoms with Gasteiger partial charge in [-0.05, 0) is 35.4 Å². The van der Waals surface area contributed by atoms with Crippen molar-refractivity contribution in [3.63, 3.8) is 0 Å². The second-order valence-electron chi connectivity index (χ2n) is 6.57. The second kappa shape index (κ2) is 7.37. The van der Waals surface area contributed by atoms with Crippen molar-refractivity contribution in [2.45, 2.75) is 6.42 Å². The molecule has 0 amide bonds. The molecule has 1 heterocycles. The first-order chi connectivity index (χ1) is 13.9. The Labute approximate surface area is 169 Å². The number of rotatable bonds is 4. The van der Waals surface area contributed by atoms with E-state index in [0.717, 1.165) is 16.6 Å². The number of nitrogens with zero attached hydrogens (tertiary/aromatic N) is 2. The molecule has 4 aromatic rings. The molecule has 0 aliphatic carbocycles. The van der Waals surface area contributed by atoms with Gasteiger partial charge in [0.25, 0.3) is 11.2 Å². The van der Waals surface area contributed by atoms with Crippen molar-refractivity contribution in [3.8, 4) is 11.1 Å². The third kappa shape index (κ3) is 3.55. The summed E-state index contributed by atoms with van der Waals surface area (Å²) in [5, 5.41) is 19.7. The first-order valence-corrected chi connectivity index (χ1v) is 9.11. The smallest absolute Gasteiger partial charge is 0.292 e. The number of nitrogens with two attached hydrogens (primary N) is 1. The predicted octanol–water partition coefficient (Wildman–Crippen LogP) is 4.32. The summed E-state index contributed by atoms with van der Waals surface area (Å²) in [6.07, 6.45) is 0.457. The summed E-state index contributed by atoms with van der Waals surface area (Å²) < 4.78 is 0. The Morgan fingerprint density at radius 3 is 2.59 bits per heavy atom. The van der Waals surface area contributed by atoms with Gasteiger partial charge >= 0.3 is 0 Å². The Balaban J connectivity index is 1.78. The number of nitrogen functional groups attached to an aromatic ring is 1. The van der Waals surface area contributed by atoms with Crippen molar-refractivity contribution < 1.29 is 4.92 Å². The zero-order valence-electron chi connectivity index (χ0n) is 15.1. The molecule has 3 N–H and O–H groups in total. The van der Waals surface area contributed by atoms with E-state index in [1.54, 1.807) is 24.3 Å². The van der Waals surface area contributed by atoms with Gasteiger partial charge < -0.3 is 5.73 Å². The largest absolute Gasteiger partial charge is 0.393 e. The summed E-state index contributed by atoms with van der Waals surface area (Å²) in [5.41, 5.74) is 8.24. The molecular weight excluding hydrogens is 392 g/mol. The molecule has 0 atom stereocenters. The van der Waals surface area contributed by atoms with Gasteiger partial charge in [0.15, 0.2) is 0 Å². The fourth-order valence-electron chi connectivity index (χ4n) is 3.27. The van der Waals surface area contributed by atoms with Gasteiger partial charge in [0.1, 0.15) is 5.69 Å². The Kier molecular flexibility index (Phi) is 4.74. The maximum Gasteiger partial charge on any atom is 0.292 e. The van der Waals surface area contributed by atoms with Crippen molar-refractivity contribution in [1.82, 2.24) is 10.2 Å². The van der Waals surface area contributed by atoms with Crippen LogP contribution in [-0.2, 0) is 6.42 Å². The molecule has 8 heteroatoms. The summed E-state index contributed by atoms with van der Waals surface area (Å²) in [7, 11) is 0. The maximum absolute atomic E-state index is 12.0. The molecule has 0 aliphatic heterocycles. The normalized spacial score (nSPS) is 10.9.